The minimum atomic E-state index is -0.229. The zero-order chi connectivity index (χ0) is 20.4. The molecule has 9 heteroatoms. The van der Waals surface area contributed by atoms with Gasteiger partial charge < -0.3 is 19.2 Å². The van der Waals surface area contributed by atoms with Crippen LogP contribution >= 0.6 is 34.8 Å². The van der Waals surface area contributed by atoms with Crippen molar-refractivity contribution in [3.8, 4) is 22.8 Å². The lowest BCUT2D eigenvalue weighted by atomic mass is 10.2. The third kappa shape index (κ3) is 4.61. The van der Waals surface area contributed by atoms with Crippen molar-refractivity contribution in [3.05, 3.63) is 57.5 Å². The van der Waals surface area contributed by atoms with Crippen LogP contribution < -0.4 is 14.8 Å². The molecular formula is C20H15Cl3N2O4. The number of aromatic nitrogens is 1. The van der Waals surface area contributed by atoms with Crippen LogP contribution in [0.25, 0.3) is 11.3 Å². The van der Waals surface area contributed by atoms with Crippen molar-refractivity contribution in [3.63, 3.8) is 0 Å². The van der Waals surface area contributed by atoms with Crippen LogP contribution in [0.3, 0.4) is 0 Å². The molecule has 2 heterocycles. The molecule has 0 fully saturated rings. The van der Waals surface area contributed by atoms with E-state index < -0.39 is 0 Å². The summed E-state index contributed by atoms with van der Waals surface area (Å²) in [6.45, 7) is 0.917. The van der Waals surface area contributed by atoms with E-state index in [9.17, 15) is 4.79 Å². The fourth-order valence-electron chi connectivity index (χ4n) is 2.83. The van der Waals surface area contributed by atoms with Gasteiger partial charge in [-0.05, 0) is 18.2 Å². The highest BCUT2D eigenvalue weighted by atomic mass is 35.5. The highest BCUT2D eigenvalue weighted by Crippen LogP contribution is 2.38. The minimum Gasteiger partial charge on any atom is -0.486 e. The number of benzene rings is 2. The molecule has 0 atom stereocenters. The van der Waals surface area contributed by atoms with Crippen LogP contribution in [0.1, 0.15) is 12.3 Å². The van der Waals surface area contributed by atoms with E-state index in [2.05, 4.69) is 10.3 Å². The van der Waals surface area contributed by atoms with Crippen LogP contribution in [-0.2, 0) is 11.2 Å². The molecule has 0 spiro atoms. The molecule has 1 N–H and O–H groups in total. The number of carbonyl (C=O) groups is 1. The molecule has 0 saturated heterocycles. The van der Waals surface area contributed by atoms with Crippen LogP contribution in [0.5, 0.6) is 11.5 Å². The number of amides is 1. The van der Waals surface area contributed by atoms with Crippen molar-refractivity contribution < 1.29 is 18.7 Å². The number of oxazole rings is 1. The van der Waals surface area contributed by atoms with E-state index in [1.54, 1.807) is 36.5 Å². The lowest BCUT2D eigenvalue weighted by Gasteiger charge is -2.20. The number of aryl methyl sites for hydroxylation is 1. The van der Waals surface area contributed by atoms with Crippen LogP contribution in [-0.4, -0.2) is 24.1 Å². The Balaban J connectivity index is 1.39. The van der Waals surface area contributed by atoms with Crippen molar-refractivity contribution in [2.75, 3.05) is 18.5 Å². The highest BCUT2D eigenvalue weighted by molar-refractivity contribution is 6.36. The fraction of sp³-hybridized carbons (Fsp3) is 0.200. The lowest BCUT2D eigenvalue weighted by Crippen LogP contribution is -2.17. The standard InChI is InChI=1S/C20H15Cl3N2O4/c21-11-1-2-12(13(22)7-11)18-10-24-20(29-18)4-3-19(26)25-15-9-17-16(8-14(15)23)27-5-6-28-17/h1-2,7-10H,3-6H2,(H,25,26). The van der Waals surface area contributed by atoms with Gasteiger partial charge in [0.1, 0.15) is 13.2 Å². The first-order valence-electron chi connectivity index (χ1n) is 8.79. The van der Waals surface area contributed by atoms with Crippen molar-refractivity contribution >= 4 is 46.4 Å². The molecule has 0 unspecified atom stereocenters. The van der Waals surface area contributed by atoms with Gasteiger partial charge in [-0.1, -0.05) is 34.8 Å². The molecule has 0 bridgehead atoms. The molecule has 1 aliphatic rings. The van der Waals surface area contributed by atoms with E-state index in [1.165, 1.54) is 0 Å². The topological polar surface area (TPSA) is 73.6 Å². The number of nitrogens with one attached hydrogen (secondary N) is 1. The Labute approximate surface area is 181 Å². The highest BCUT2D eigenvalue weighted by Gasteiger charge is 2.17. The molecule has 0 radical (unpaired) electrons. The van der Waals surface area contributed by atoms with Gasteiger partial charge in [-0.15, -0.1) is 0 Å². The molecular weight excluding hydrogens is 439 g/mol. The normalized spacial score (nSPS) is 12.7. The zero-order valence-electron chi connectivity index (χ0n) is 15.0. The van der Waals surface area contributed by atoms with E-state index in [-0.39, 0.29) is 12.3 Å². The zero-order valence-corrected chi connectivity index (χ0v) is 17.3. The van der Waals surface area contributed by atoms with Gasteiger partial charge in [0.05, 0.1) is 21.9 Å². The summed E-state index contributed by atoms with van der Waals surface area (Å²) < 4.78 is 16.7. The van der Waals surface area contributed by atoms with Gasteiger partial charge in [0, 0.05) is 35.6 Å². The largest absolute Gasteiger partial charge is 0.486 e. The Hall–Kier alpha value is -2.41. The molecule has 0 saturated carbocycles. The summed E-state index contributed by atoms with van der Waals surface area (Å²) in [6, 6.07) is 8.38. The first-order chi connectivity index (χ1) is 14.0. The van der Waals surface area contributed by atoms with Gasteiger partial charge in [0.25, 0.3) is 0 Å². The molecule has 3 aromatic rings. The predicted molar refractivity (Wildman–Crippen MR) is 111 cm³/mol. The van der Waals surface area contributed by atoms with Crippen LogP contribution in [0.15, 0.2) is 40.9 Å². The third-order valence-corrected chi connectivity index (χ3v) is 5.08. The molecule has 0 aliphatic carbocycles. The van der Waals surface area contributed by atoms with E-state index in [0.717, 1.165) is 0 Å². The second kappa shape index (κ2) is 8.53. The van der Waals surface area contributed by atoms with Crippen molar-refractivity contribution in [1.29, 1.82) is 0 Å². The van der Waals surface area contributed by atoms with E-state index in [4.69, 9.17) is 48.7 Å². The molecule has 1 aromatic heterocycles. The second-order valence-corrected chi connectivity index (χ2v) is 7.52. The fourth-order valence-corrected chi connectivity index (χ4v) is 3.54. The number of carbonyl (C=O) groups excluding carboxylic acids is 1. The van der Waals surface area contributed by atoms with Crippen molar-refractivity contribution in [2.45, 2.75) is 12.8 Å². The van der Waals surface area contributed by atoms with Crippen LogP contribution in [0.4, 0.5) is 5.69 Å². The molecule has 150 valence electrons. The van der Waals surface area contributed by atoms with Crippen LogP contribution in [0, 0.1) is 0 Å². The summed E-state index contributed by atoms with van der Waals surface area (Å²) in [4.78, 5) is 16.5. The quantitative estimate of drug-likeness (QED) is 0.541. The Kier molecular flexibility index (Phi) is 5.85. The summed E-state index contributed by atoms with van der Waals surface area (Å²) in [5.74, 6) is 1.82. The van der Waals surface area contributed by atoms with Gasteiger partial charge in [-0.25, -0.2) is 4.98 Å². The van der Waals surface area contributed by atoms with Gasteiger partial charge in [-0.3, -0.25) is 4.79 Å². The number of rotatable bonds is 5. The summed E-state index contributed by atoms with van der Waals surface area (Å²) in [6.07, 6.45) is 2.05. The molecule has 29 heavy (non-hydrogen) atoms. The van der Waals surface area contributed by atoms with Gasteiger partial charge in [0.2, 0.25) is 5.91 Å². The average Bonchev–Trinajstić information content (AvgIpc) is 3.16. The second-order valence-electron chi connectivity index (χ2n) is 6.27. The number of halogens is 3. The first-order valence-corrected chi connectivity index (χ1v) is 9.92. The minimum absolute atomic E-state index is 0.166. The number of fused-ring (bicyclic) bond motifs is 1. The summed E-state index contributed by atoms with van der Waals surface area (Å²) in [7, 11) is 0. The Morgan fingerprint density at radius 3 is 2.55 bits per heavy atom. The lowest BCUT2D eigenvalue weighted by molar-refractivity contribution is -0.116. The Bertz CT molecular complexity index is 1070. The number of anilines is 1. The maximum absolute atomic E-state index is 12.3. The first kappa shape index (κ1) is 19.9. The number of hydrogen-bond acceptors (Lipinski definition) is 5. The third-order valence-electron chi connectivity index (χ3n) is 4.22. The summed E-state index contributed by atoms with van der Waals surface area (Å²) >= 11 is 18.3. The van der Waals surface area contributed by atoms with Crippen LogP contribution in [0.2, 0.25) is 15.1 Å². The molecule has 6 nitrogen and oxygen atoms in total. The molecule has 4 rings (SSSR count). The van der Waals surface area contributed by atoms with Gasteiger partial charge in [0.15, 0.2) is 23.1 Å². The molecule has 2 aromatic carbocycles. The molecule has 1 aliphatic heterocycles. The number of nitrogens with zero attached hydrogens (tertiary/aromatic N) is 1. The van der Waals surface area contributed by atoms with Gasteiger partial charge >= 0.3 is 0 Å². The average molecular weight is 454 g/mol. The number of ether oxygens (including phenoxy) is 2. The maximum atomic E-state index is 12.3. The van der Waals surface area contributed by atoms with Crippen molar-refractivity contribution in [1.82, 2.24) is 4.98 Å². The Morgan fingerprint density at radius 1 is 1.03 bits per heavy atom. The van der Waals surface area contributed by atoms with Crippen molar-refractivity contribution in [2.24, 2.45) is 0 Å². The summed E-state index contributed by atoms with van der Waals surface area (Å²) in [5, 5.41) is 4.15. The molecule has 1 amide bonds. The maximum Gasteiger partial charge on any atom is 0.224 e. The van der Waals surface area contributed by atoms with E-state index in [1.807, 2.05) is 0 Å². The van der Waals surface area contributed by atoms with Gasteiger partial charge in [-0.2, -0.15) is 0 Å². The predicted octanol–water partition coefficient (Wildman–Crippen LogP) is 5.64. The monoisotopic (exact) mass is 452 g/mol. The smallest absolute Gasteiger partial charge is 0.224 e. The van der Waals surface area contributed by atoms with E-state index >= 15 is 0 Å². The summed E-state index contributed by atoms with van der Waals surface area (Å²) in [5.41, 5.74) is 1.14. The Morgan fingerprint density at radius 2 is 1.79 bits per heavy atom. The number of hydrogen-bond donors (Lipinski definition) is 1. The SMILES string of the molecule is O=C(CCc1ncc(-c2ccc(Cl)cc2Cl)o1)Nc1cc2c(cc1Cl)OCCO2. The van der Waals surface area contributed by atoms with E-state index in [0.29, 0.717) is 69.1 Å².